The molecule has 2 atom stereocenters. The molecular formula is C21H27N3O3. The minimum absolute atomic E-state index is 0.511. The number of hydrogen-bond donors (Lipinski definition) is 2. The van der Waals surface area contributed by atoms with Gasteiger partial charge in [-0.3, -0.25) is 4.90 Å². The van der Waals surface area contributed by atoms with Crippen molar-refractivity contribution in [3.05, 3.63) is 47.8 Å². The molecule has 2 aliphatic rings. The Morgan fingerprint density at radius 3 is 2.56 bits per heavy atom. The number of aryl methyl sites for hydroxylation is 1. The number of piperidine rings is 1. The molecule has 2 aromatic rings. The monoisotopic (exact) mass is 369 g/mol. The van der Waals surface area contributed by atoms with Gasteiger partial charge in [0.25, 0.3) is 0 Å². The molecule has 2 fully saturated rings. The third kappa shape index (κ3) is 3.75. The van der Waals surface area contributed by atoms with Crippen LogP contribution in [0.1, 0.15) is 30.4 Å². The van der Waals surface area contributed by atoms with Gasteiger partial charge in [-0.15, -0.1) is 0 Å². The smallest absolute Gasteiger partial charge is 0.159 e. The molecule has 0 saturated carbocycles. The topological polar surface area (TPSA) is 78.7 Å². The van der Waals surface area contributed by atoms with Crippen LogP contribution < -0.4 is 0 Å². The maximum atomic E-state index is 10.4. The zero-order valence-electron chi connectivity index (χ0n) is 15.7. The van der Waals surface area contributed by atoms with Gasteiger partial charge >= 0.3 is 0 Å². The summed E-state index contributed by atoms with van der Waals surface area (Å²) in [6.45, 7) is 5.01. The Balaban J connectivity index is 1.38. The van der Waals surface area contributed by atoms with Crippen LogP contribution in [0, 0.1) is 6.92 Å². The second-order valence-electron chi connectivity index (χ2n) is 7.72. The number of rotatable bonds is 3. The van der Waals surface area contributed by atoms with E-state index in [0.29, 0.717) is 13.0 Å². The van der Waals surface area contributed by atoms with Crippen molar-refractivity contribution < 1.29 is 14.9 Å². The van der Waals surface area contributed by atoms with E-state index >= 15 is 0 Å². The lowest BCUT2D eigenvalue weighted by atomic mass is 9.80. The SMILES string of the molecule is Cc1ccccc1-c1ncc(CN2CCC3(CC2)OCC[C@H](O)[C@@H]3O)cn1. The summed E-state index contributed by atoms with van der Waals surface area (Å²) in [6, 6.07) is 8.12. The highest BCUT2D eigenvalue weighted by Crippen LogP contribution is 2.35. The van der Waals surface area contributed by atoms with Crippen LogP contribution >= 0.6 is 0 Å². The van der Waals surface area contributed by atoms with Gasteiger partial charge in [0.1, 0.15) is 6.10 Å². The normalized spacial score (nSPS) is 25.6. The molecule has 0 radical (unpaired) electrons. The average molecular weight is 369 g/mol. The van der Waals surface area contributed by atoms with Crippen molar-refractivity contribution in [3.63, 3.8) is 0 Å². The first-order valence-corrected chi connectivity index (χ1v) is 9.67. The number of nitrogens with zero attached hydrogens (tertiary/aromatic N) is 3. The Hall–Kier alpha value is -1.86. The Bertz CT molecular complexity index is 772. The molecule has 27 heavy (non-hydrogen) atoms. The summed E-state index contributed by atoms with van der Waals surface area (Å²) in [4.78, 5) is 11.4. The molecule has 0 amide bonds. The molecule has 0 bridgehead atoms. The summed E-state index contributed by atoms with van der Waals surface area (Å²) in [5.41, 5.74) is 2.72. The first-order valence-electron chi connectivity index (χ1n) is 9.67. The summed E-state index contributed by atoms with van der Waals surface area (Å²) < 4.78 is 5.90. The quantitative estimate of drug-likeness (QED) is 0.861. The summed E-state index contributed by atoms with van der Waals surface area (Å²) >= 11 is 0. The zero-order valence-corrected chi connectivity index (χ0v) is 15.7. The predicted molar refractivity (Wildman–Crippen MR) is 102 cm³/mol. The van der Waals surface area contributed by atoms with Crippen LogP contribution in [0.3, 0.4) is 0 Å². The minimum Gasteiger partial charge on any atom is -0.390 e. The first kappa shape index (κ1) is 18.5. The Morgan fingerprint density at radius 2 is 1.85 bits per heavy atom. The largest absolute Gasteiger partial charge is 0.390 e. The molecule has 0 unspecified atom stereocenters. The minimum atomic E-state index is -0.787. The molecule has 1 aromatic carbocycles. The lowest BCUT2D eigenvalue weighted by molar-refractivity contribution is -0.214. The van der Waals surface area contributed by atoms with Crippen LogP contribution in [0.15, 0.2) is 36.7 Å². The van der Waals surface area contributed by atoms with Gasteiger partial charge < -0.3 is 14.9 Å². The molecule has 2 N–H and O–H groups in total. The van der Waals surface area contributed by atoms with Gasteiger partial charge in [0.15, 0.2) is 5.82 Å². The van der Waals surface area contributed by atoms with E-state index in [1.165, 1.54) is 5.56 Å². The molecule has 6 nitrogen and oxygen atoms in total. The highest BCUT2D eigenvalue weighted by atomic mass is 16.5. The Labute approximate surface area is 159 Å². The van der Waals surface area contributed by atoms with Gasteiger partial charge in [0.05, 0.1) is 18.3 Å². The van der Waals surface area contributed by atoms with Crippen molar-refractivity contribution in [1.29, 1.82) is 0 Å². The lowest BCUT2D eigenvalue weighted by Gasteiger charge is -2.48. The number of aliphatic hydroxyl groups excluding tert-OH is 2. The van der Waals surface area contributed by atoms with Crippen LogP contribution in [-0.4, -0.2) is 62.6 Å². The van der Waals surface area contributed by atoms with E-state index in [0.717, 1.165) is 49.4 Å². The number of benzene rings is 1. The number of aliphatic hydroxyl groups is 2. The molecule has 6 heteroatoms. The fraction of sp³-hybridized carbons (Fsp3) is 0.524. The van der Waals surface area contributed by atoms with Crippen molar-refractivity contribution in [1.82, 2.24) is 14.9 Å². The molecule has 4 rings (SSSR count). The highest BCUT2D eigenvalue weighted by Gasteiger charge is 2.47. The van der Waals surface area contributed by atoms with Crippen LogP contribution in [0.2, 0.25) is 0 Å². The molecule has 2 aliphatic heterocycles. The summed E-state index contributed by atoms with van der Waals surface area (Å²) in [5, 5.41) is 20.4. The molecule has 2 saturated heterocycles. The van der Waals surface area contributed by atoms with E-state index < -0.39 is 17.8 Å². The van der Waals surface area contributed by atoms with E-state index in [9.17, 15) is 10.2 Å². The molecule has 0 aliphatic carbocycles. The molecule has 1 aromatic heterocycles. The Morgan fingerprint density at radius 1 is 1.15 bits per heavy atom. The lowest BCUT2D eigenvalue weighted by Crippen LogP contribution is -2.59. The van der Waals surface area contributed by atoms with E-state index in [4.69, 9.17) is 4.74 Å². The highest BCUT2D eigenvalue weighted by molar-refractivity contribution is 5.59. The fourth-order valence-corrected chi connectivity index (χ4v) is 4.16. The van der Waals surface area contributed by atoms with Crippen molar-refractivity contribution in [2.24, 2.45) is 0 Å². The van der Waals surface area contributed by atoms with Crippen molar-refractivity contribution in [3.8, 4) is 11.4 Å². The fourth-order valence-electron chi connectivity index (χ4n) is 4.16. The van der Waals surface area contributed by atoms with Gasteiger partial charge in [0, 0.05) is 43.2 Å². The number of aromatic nitrogens is 2. The second kappa shape index (κ2) is 7.64. The summed E-state index contributed by atoms with van der Waals surface area (Å²) in [6.07, 6.45) is 4.31. The molecule has 1 spiro atoms. The zero-order chi connectivity index (χ0) is 18.9. The predicted octanol–water partition coefficient (Wildman–Crippen LogP) is 1.93. The van der Waals surface area contributed by atoms with Gasteiger partial charge in [0.2, 0.25) is 0 Å². The Kier molecular flexibility index (Phi) is 5.23. The van der Waals surface area contributed by atoms with E-state index in [-0.39, 0.29) is 0 Å². The summed E-state index contributed by atoms with van der Waals surface area (Å²) in [5.74, 6) is 0.752. The van der Waals surface area contributed by atoms with Gasteiger partial charge in [-0.05, 0) is 31.7 Å². The second-order valence-corrected chi connectivity index (χ2v) is 7.72. The van der Waals surface area contributed by atoms with E-state index in [2.05, 4.69) is 27.9 Å². The van der Waals surface area contributed by atoms with Crippen LogP contribution in [-0.2, 0) is 11.3 Å². The van der Waals surface area contributed by atoms with E-state index in [1.54, 1.807) is 0 Å². The maximum absolute atomic E-state index is 10.4. The van der Waals surface area contributed by atoms with Crippen molar-refractivity contribution in [2.45, 2.75) is 50.5 Å². The van der Waals surface area contributed by atoms with Crippen molar-refractivity contribution in [2.75, 3.05) is 19.7 Å². The van der Waals surface area contributed by atoms with Crippen LogP contribution in [0.5, 0.6) is 0 Å². The first-order chi connectivity index (χ1) is 13.1. The number of likely N-dealkylation sites (tertiary alicyclic amines) is 1. The molecule has 3 heterocycles. The van der Waals surface area contributed by atoms with Crippen LogP contribution in [0.4, 0.5) is 0 Å². The van der Waals surface area contributed by atoms with Gasteiger partial charge in [-0.2, -0.15) is 0 Å². The number of ether oxygens (including phenoxy) is 1. The molecular weight excluding hydrogens is 342 g/mol. The third-order valence-electron chi connectivity index (χ3n) is 5.91. The number of hydrogen-bond acceptors (Lipinski definition) is 6. The average Bonchev–Trinajstić information content (AvgIpc) is 2.69. The summed E-state index contributed by atoms with van der Waals surface area (Å²) in [7, 11) is 0. The molecule has 144 valence electrons. The standard InChI is InChI=1S/C21H27N3O3/c1-15-4-2-3-5-17(15)20-22-12-16(13-23-20)14-24-9-7-21(8-10-24)19(26)18(25)6-11-27-21/h2-5,12-13,18-19,25-26H,6-11,14H2,1H3/t18-,19-/m0/s1. The van der Waals surface area contributed by atoms with Crippen molar-refractivity contribution >= 4 is 0 Å². The van der Waals surface area contributed by atoms with Gasteiger partial charge in [-0.25, -0.2) is 9.97 Å². The van der Waals surface area contributed by atoms with Crippen LogP contribution in [0.25, 0.3) is 11.4 Å². The van der Waals surface area contributed by atoms with E-state index in [1.807, 2.05) is 30.6 Å². The van der Waals surface area contributed by atoms with Gasteiger partial charge in [-0.1, -0.05) is 24.3 Å². The third-order valence-corrected chi connectivity index (χ3v) is 5.91. The maximum Gasteiger partial charge on any atom is 0.159 e.